The Morgan fingerprint density at radius 1 is 1.15 bits per heavy atom. The van der Waals surface area contributed by atoms with Gasteiger partial charge in [0, 0.05) is 24.5 Å². The summed E-state index contributed by atoms with van der Waals surface area (Å²) in [5.74, 6) is 1.54. The molecule has 0 unspecified atom stereocenters. The lowest BCUT2D eigenvalue weighted by molar-refractivity contribution is 0.415. The molecule has 0 aliphatic carbocycles. The van der Waals surface area contributed by atoms with Crippen LogP contribution in [0.1, 0.15) is 23.9 Å². The van der Waals surface area contributed by atoms with Gasteiger partial charge in [-0.05, 0) is 36.8 Å². The van der Waals surface area contributed by atoms with Crippen LogP contribution in [0.3, 0.4) is 0 Å². The Labute approximate surface area is 200 Å². The standard InChI is InChI=1S/C24H23ClN8O/c1-3-33-24-16(13-29-33)20-21(18(30-24)11-14-7-8-19(34-2)17(25)10-14)23(32-31-22(20)26)28-12-15-6-4-5-9-27-15/h4-10,13H,3,11-12H2,1-2H3,(H2,26,31)(H,28,32). The summed E-state index contributed by atoms with van der Waals surface area (Å²) in [5.41, 5.74) is 9.76. The van der Waals surface area contributed by atoms with Crippen LogP contribution in [0.5, 0.6) is 5.75 Å². The molecule has 5 aromatic rings. The molecule has 0 saturated carbocycles. The average Bonchev–Trinajstić information content (AvgIpc) is 3.27. The van der Waals surface area contributed by atoms with Crippen molar-refractivity contribution in [3.05, 3.63) is 70.8 Å². The third kappa shape index (κ3) is 3.94. The molecule has 4 aromatic heterocycles. The molecule has 4 heterocycles. The van der Waals surface area contributed by atoms with E-state index in [1.165, 1.54) is 0 Å². The second-order valence-electron chi connectivity index (χ2n) is 7.76. The minimum Gasteiger partial charge on any atom is -0.495 e. The van der Waals surface area contributed by atoms with E-state index >= 15 is 0 Å². The Hall–Kier alpha value is -3.98. The summed E-state index contributed by atoms with van der Waals surface area (Å²) in [6.45, 7) is 3.18. The number of hydrogen-bond donors (Lipinski definition) is 2. The molecule has 0 aliphatic rings. The molecule has 1 aromatic carbocycles. The smallest absolute Gasteiger partial charge is 0.158 e. The van der Waals surface area contributed by atoms with E-state index in [1.807, 2.05) is 48.0 Å². The predicted octanol–water partition coefficient (Wildman–Crippen LogP) is 4.24. The molecule has 5 rings (SSSR count). The maximum Gasteiger partial charge on any atom is 0.158 e. The fraction of sp³-hybridized carbons (Fsp3) is 0.208. The zero-order valence-electron chi connectivity index (χ0n) is 18.8. The van der Waals surface area contributed by atoms with Crippen molar-refractivity contribution in [2.24, 2.45) is 0 Å². The average molecular weight is 475 g/mol. The van der Waals surface area contributed by atoms with Crippen LogP contribution in [-0.4, -0.2) is 37.1 Å². The summed E-state index contributed by atoms with van der Waals surface area (Å²) in [7, 11) is 1.59. The molecule has 0 fully saturated rings. The topological polar surface area (TPSA) is 117 Å². The van der Waals surface area contributed by atoms with Gasteiger partial charge in [0.05, 0.1) is 47.0 Å². The van der Waals surface area contributed by atoms with E-state index in [0.717, 1.165) is 38.8 Å². The zero-order chi connectivity index (χ0) is 23.7. The lowest BCUT2D eigenvalue weighted by Crippen LogP contribution is -2.09. The first-order chi connectivity index (χ1) is 16.6. The maximum atomic E-state index is 6.39. The highest BCUT2D eigenvalue weighted by atomic mass is 35.5. The molecule has 0 aliphatic heterocycles. The number of aryl methyl sites for hydroxylation is 1. The highest BCUT2D eigenvalue weighted by Crippen LogP contribution is 2.35. The Morgan fingerprint density at radius 2 is 2.03 bits per heavy atom. The first kappa shape index (κ1) is 21.8. The summed E-state index contributed by atoms with van der Waals surface area (Å²) in [4.78, 5) is 9.39. The SMILES string of the molecule is CCn1ncc2c3c(N)nnc(NCc4ccccn4)c3c(Cc3ccc(OC)c(Cl)c3)nc21. The number of nitrogen functional groups attached to an aromatic ring is 1. The van der Waals surface area contributed by atoms with Crippen molar-refractivity contribution >= 4 is 45.0 Å². The number of benzene rings is 1. The van der Waals surface area contributed by atoms with Gasteiger partial charge in [0.1, 0.15) is 5.75 Å². The van der Waals surface area contributed by atoms with Gasteiger partial charge in [-0.1, -0.05) is 23.7 Å². The molecule has 0 amide bonds. The Morgan fingerprint density at radius 3 is 2.76 bits per heavy atom. The fourth-order valence-corrected chi connectivity index (χ4v) is 4.31. The van der Waals surface area contributed by atoms with Crippen LogP contribution in [0.25, 0.3) is 21.8 Å². The van der Waals surface area contributed by atoms with Crippen LogP contribution in [0, 0.1) is 0 Å². The maximum absolute atomic E-state index is 6.39. The molecule has 34 heavy (non-hydrogen) atoms. The van der Waals surface area contributed by atoms with Crippen molar-refractivity contribution in [1.29, 1.82) is 0 Å². The monoisotopic (exact) mass is 474 g/mol. The van der Waals surface area contributed by atoms with Gasteiger partial charge >= 0.3 is 0 Å². The van der Waals surface area contributed by atoms with E-state index in [-0.39, 0.29) is 0 Å². The number of halogens is 1. The molecule has 0 spiro atoms. The van der Waals surface area contributed by atoms with Gasteiger partial charge in [-0.25, -0.2) is 9.67 Å². The fourth-order valence-electron chi connectivity index (χ4n) is 4.03. The predicted molar refractivity (Wildman–Crippen MR) is 133 cm³/mol. The van der Waals surface area contributed by atoms with Crippen LogP contribution in [-0.2, 0) is 19.5 Å². The van der Waals surface area contributed by atoms with Crippen LogP contribution in [0.2, 0.25) is 5.02 Å². The number of rotatable bonds is 7. The van der Waals surface area contributed by atoms with Crippen LogP contribution in [0.15, 0.2) is 48.8 Å². The van der Waals surface area contributed by atoms with Gasteiger partial charge in [-0.15, -0.1) is 10.2 Å². The summed E-state index contributed by atoms with van der Waals surface area (Å²) in [5, 5.41) is 19.4. The normalized spacial score (nSPS) is 11.3. The summed E-state index contributed by atoms with van der Waals surface area (Å²) in [6.07, 6.45) is 4.05. The highest BCUT2D eigenvalue weighted by Gasteiger charge is 2.20. The number of fused-ring (bicyclic) bond motifs is 3. The van der Waals surface area contributed by atoms with Gasteiger partial charge < -0.3 is 15.8 Å². The molecule has 9 nitrogen and oxygen atoms in total. The molecule has 3 N–H and O–H groups in total. The van der Waals surface area contributed by atoms with Gasteiger partial charge in [-0.3, -0.25) is 4.98 Å². The van der Waals surface area contributed by atoms with E-state index in [9.17, 15) is 0 Å². The van der Waals surface area contributed by atoms with E-state index in [2.05, 4.69) is 25.6 Å². The number of nitrogens with one attached hydrogen (secondary N) is 1. The van der Waals surface area contributed by atoms with Crippen molar-refractivity contribution in [3.8, 4) is 5.75 Å². The summed E-state index contributed by atoms with van der Waals surface area (Å²) in [6, 6.07) is 11.5. The molecule has 0 bridgehead atoms. The number of anilines is 2. The second-order valence-corrected chi connectivity index (χ2v) is 8.17. The zero-order valence-corrected chi connectivity index (χ0v) is 19.5. The molecular weight excluding hydrogens is 452 g/mol. The van der Waals surface area contributed by atoms with Crippen molar-refractivity contribution in [3.63, 3.8) is 0 Å². The summed E-state index contributed by atoms with van der Waals surface area (Å²) >= 11 is 6.39. The lowest BCUT2D eigenvalue weighted by atomic mass is 10.0. The van der Waals surface area contributed by atoms with E-state index < -0.39 is 0 Å². The number of pyridine rings is 2. The first-order valence-electron chi connectivity index (χ1n) is 10.9. The van der Waals surface area contributed by atoms with E-state index in [4.69, 9.17) is 27.1 Å². The number of aromatic nitrogens is 6. The van der Waals surface area contributed by atoms with Crippen molar-refractivity contribution in [2.75, 3.05) is 18.2 Å². The number of methoxy groups -OCH3 is 1. The quantitative estimate of drug-likeness (QED) is 0.360. The number of nitrogens with zero attached hydrogens (tertiary/aromatic N) is 6. The highest BCUT2D eigenvalue weighted by molar-refractivity contribution is 6.32. The van der Waals surface area contributed by atoms with Gasteiger partial charge in [0.2, 0.25) is 0 Å². The van der Waals surface area contributed by atoms with E-state index in [0.29, 0.717) is 41.9 Å². The lowest BCUT2D eigenvalue weighted by Gasteiger charge is -2.14. The molecule has 10 heteroatoms. The van der Waals surface area contributed by atoms with Crippen LogP contribution < -0.4 is 15.8 Å². The largest absolute Gasteiger partial charge is 0.495 e. The molecule has 0 atom stereocenters. The van der Waals surface area contributed by atoms with E-state index in [1.54, 1.807) is 19.5 Å². The van der Waals surface area contributed by atoms with Gasteiger partial charge in [0.15, 0.2) is 17.3 Å². The minimum absolute atomic E-state index is 0.329. The third-order valence-electron chi connectivity index (χ3n) is 5.66. The number of ether oxygens (including phenoxy) is 1. The molecule has 0 saturated heterocycles. The Balaban J connectivity index is 1.68. The van der Waals surface area contributed by atoms with Crippen LogP contribution in [0.4, 0.5) is 11.6 Å². The number of nitrogens with two attached hydrogens (primary N) is 1. The Kier molecular flexibility index (Phi) is 5.85. The van der Waals surface area contributed by atoms with Crippen LogP contribution >= 0.6 is 11.6 Å². The first-order valence-corrected chi connectivity index (χ1v) is 11.2. The Bertz CT molecular complexity index is 1490. The molecular formula is C24H23ClN8O. The van der Waals surface area contributed by atoms with Gasteiger partial charge in [-0.2, -0.15) is 5.10 Å². The second kappa shape index (κ2) is 9.11. The number of hydrogen-bond acceptors (Lipinski definition) is 8. The van der Waals surface area contributed by atoms with Crippen molar-refractivity contribution in [1.82, 2.24) is 29.9 Å². The summed E-state index contributed by atoms with van der Waals surface area (Å²) < 4.78 is 7.14. The van der Waals surface area contributed by atoms with Crippen molar-refractivity contribution < 1.29 is 4.74 Å². The minimum atomic E-state index is 0.329. The third-order valence-corrected chi connectivity index (χ3v) is 5.96. The molecule has 0 radical (unpaired) electrons. The molecule has 172 valence electrons. The van der Waals surface area contributed by atoms with Crippen molar-refractivity contribution in [2.45, 2.75) is 26.4 Å². The van der Waals surface area contributed by atoms with Gasteiger partial charge in [0.25, 0.3) is 0 Å².